The fraction of sp³-hybridized carbons (Fsp3) is 0.462. The van der Waals surface area contributed by atoms with Crippen molar-refractivity contribution in [3.63, 3.8) is 0 Å². The minimum absolute atomic E-state index is 0.231. The number of rotatable bonds is 8. The minimum atomic E-state index is -0.980. The van der Waals surface area contributed by atoms with E-state index in [2.05, 4.69) is 10.3 Å². The van der Waals surface area contributed by atoms with Crippen molar-refractivity contribution in [1.29, 1.82) is 0 Å². The standard InChI is InChI=1S/C13H18N2O3S/c1-19-9-6-11(13(17)18)15-12(16)3-2-10-4-7-14-8-5-10/h4-5,7-8,11H,2-3,6,9H2,1H3,(H,15,16)(H,17,18)/t11-/m0/s1. The highest BCUT2D eigenvalue weighted by molar-refractivity contribution is 7.98. The van der Waals surface area contributed by atoms with Crippen LogP contribution >= 0.6 is 11.8 Å². The number of aromatic nitrogens is 1. The van der Waals surface area contributed by atoms with Gasteiger partial charge in [0.1, 0.15) is 6.04 Å². The van der Waals surface area contributed by atoms with Gasteiger partial charge >= 0.3 is 5.97 Å². The minimum Gasteiger partial charge on any atom is -0.480 e. The van der Waals surface area contributed by atoms with E-state index in [0.717, 1.165) is 5.56 Å². The van der Waals surface area contributed by atoms with Crippen molar-refractivity contribution in [2.24, 2.45) is 0 Å². The average molecular weight is 282 g/mol. The summed E-state index contributed by atoms with van der Waals surface area (Å²) in [5.74, 6) is -0.502. The largest absolute Gasteiger partial charge is 0.480 e. The van der Waals surface area contributed by atoms with Crippen molar-refractivity contribution >= 4 is 23.6 Å². The van der Waals surface area contributed by atoms with Crippen LogP contribution in [0.15, 0.2) is 24.5 Å². The Balaban J connectivity index is 2.38. The maximum Gasteiger partial charge on any atom is 0.326 e. The van der Waals surface area contributed by atoms with Crippen LogP contribution in [0.5, 0.6) is 0 Å². The Labute approximate surface area is 116 Å². The van der Waals surface area contributed by atoms with Crippen LogP contribution in [0.25, 0.3) is 0 Å². The summed E-state index contributed by atoms with van der Waals surface area (Å²) in [5, 5.41) is 11.6. The number of carboxylic acid groups (broad SMARTS) is 1. The van der Waals surface area contributed by atoms with E-state index in [1.807, 2.05) is 18.4 Å². The molecule has 0 aliphatic carbocycles. The molecule has 1 aromatic rings. The maximum absolute atomic E-state index is 11.7. The van der Waals surface area contributed by atoms with Crippen LogP contribution in [0, 0.1) is 0 Å². The molecule has 0 bridgehead atoms. The molecule has 2 N–H and O–H groups in total. The van der Waals surface area contributed by atoms with Gasteiger partial charge in [-0.25, -0.2) is 4.79 Å². The number of hydrogen-bond donors (Lipinski definition) is 2. The molecule has 104 valence electrons. The lowest BCUT2D eigenvalue weighted by molar-refractivity contribution is -0.141. The van der Waals surface area contributed by atoms with Crippen LogP contribution in [0.3, 0.4) is 0 Å². The number of carbonyl (C=O) groups excluding carboxylic acids is 1. The second-order valence-electron chi connectivity index (χ2n) is 4.10. The number of carboxylic acids is 1. The summed E-state index contributed by atoms with van der Waals surface area (Å²) in [4.78, 5) is 26.6. The molecule has 1 rings (SSSR count). The molecule has 1 heterocycles. The van der Waals surface area contributed by atoms with Crippen LogP contribution in [0.1, 0.15) is 18.4 Å². The second-order valence-corrected chi connectivity index (χ2v) is 5.08. The molecule has 0 unspecified atom stereocenters. The molecule has 5 nitrogen and oxygen atoms in total. The Morgan fingerprint density at radius 1 is 1.42 bits per heavy atom. The number of pyridine rings is 1. The number of carbonyl (C=O) groups is 2. The number of nitrogens with zero attached hydrogens (tertiary/aromatic N) is 1. The van der Waals surface area contributed by atoms with Gasteiger partial charge in [-0.1, -0.05) is 0 Å². The molecule has 1 aromatic heterocycles. The topological polar surface area (TPSA) is 79.3 Å². The zero-order valence-electron chi connectivity index (χ0n) is 10.8. The van der Waals surface area contributed by atoms with Crippen molar-refractivity contribution in [1.82, 2.24) is 10.3 Å². The third-order valence-electron chi connectivity index (χ3n) is 2.63. The fourth-order valence-electron chi connectivity index (χ4n) is 1.57. The number of amides is 1. The van der Waals surface area contributed by atoms with Crippen molar-refractivity contribution in [2.45, 2.75) is 25.3 Å². The molecule has 6 heteroatoms. The second kappa shape index (κ2) is 8.53. The molecule has 19 heavy (non-hydrogen) atoms. The first-order valence-electron chi connectivity index (χ1n) is 6.03. The van der Waals surface area contributed by atoms with E-state index in [1.54, 1.807) is 24.2 Å². The van der Waals surface area contributed by atoms with Crippen molar-refractivity contribution < 1.29 is 14.7 Å². The summed E-state index contributed by atoms with van der Waals surface area (Å²) in [5.41, 5.74) is 1.01. The van der Waals surface area contributed by atoms with E-state index in [-0.39, 0.29) is 12.3 Å². The molecule has 0 saturated heterocycles. The first kappa shape index (κ1) is 15.5. The number of hydrogen-bond acceptors (Lipinski definition) is 4. The fourth-order valence-corrected chi connectivity index (χ4v) is 2.04. The predicted octanol–water partition coefficient (Wildman–Crippen LogP) is 1.34. The van der Waals surface area contributed by atoms with Gasteiger partial charge in [-0.2, -0.15) is 11.8 Å². The third-order valence-corrected chi connectivity index (χ3v) is 3.28. The summed E-state index contributed by atoms with van der Waals surface area (Å²) in [6, 6.07) is 2.89. The Morgan fingerprint density at radius 3 is 2.68 bits per heavy atom. The Morgan fingerprint density at radius 2 is 2.11 bits per heavy atom. The highest BCUT2D eigenvalue weighted by Gasteiger charge is 2.18. The van der Waals surface area contributed by atoms with Crippen molar-refractivity contribution in [3.05, 3.63) is 30.1 Å². The van der Waals surface area contributed by atoms with Gasteiger partial charge in [-0.3, -0.25) is 9.78 Å². The summed E-state index contributed by atoms with van der Waals surface area (Å²) in [6.45, 7) is 0. The SMILES string of the molecule is CSCC[C@H](NC(=O)CCc1ccncc1)C(=O)O. The quantitative estimate of drug-likeness (QED) is 0.752. The van der Waals surface area contributed by atoms with Crippen molar-refractivity contribution in [2.75, 3.05) is 12.0 Å². The first-order chi connectivity index (χ1) is 9.13. The first-order valence-corrected chi connectivity index (χ1v) is 7.43. The summed E-state index contributed by atoms with van der Waals surface area (Å²) >= 11 is 1.56. The maximum atomic E-state index is 11.7. The average Bonchev–Trinajstić information content (AvgIpc) is 2.42. The smallest absolute Gasteiger partial charge is 0.326 e. The van der Waals surface area contributed by atoms with Gasteiger partial charge in [0.25, 0.3) is 0 Å². The molecule has 0 spiro atoms. The Kier molecular flexibility index (Phi) is 6.95. The van der Waals surface area contributed by atoms with Crippen LogP contribution in [-0.4, -0.2) is 40.0 Å². The molecule has 1 amide bonds. The molecule has 1 atom stereocenters. The molecule has 0 radical (unpaired) electrons. The zero-order valence-corrected chi connectivity index (χ0v) is 11.7. The van der Waals surface area contributed by atoms with E-state index >= 15 is 0 Å². The monoisotopic (exact) mass is 282 g/mol. The third kappa shape index (κ3) is 6.24. The molecule has 0 fully saturated rings. The molecule has 0 aromatic carbocycles. The normalized spacial score (nSPS) is 11.8. The van der Waals surface area contributed by atoms with E-state index in [0.29, 0.717) is 18.6 Å². The van der Waals surface area contributed by atoms with Gasteiger partial charge in [-0.05, 0) is 42.5 Å². The molecule has 0 aliphatic heterocycles. The van der Waals surface area contributed by atoms with Crippen LogP contribution in [0.4, 0.5) is 0 Å². The predicted molar refractivity (Wildman–Crippen MR) is 75.1 cm³/mol. The number of nitrogens with one attached hydrogen (secondary N) is 1. The Hall–Kier alpha value is -1.56. The van der Waals surface area contributed by atoms with E-state index in [9.17, 15) is 9.59 Å². The lowest BCUT2D eigenvalue weighted by Gasteiger charge is -2.13. The summed E-state index contributed by atoms with van der Waals surface area (Å²) in [7, 11) is 0. The van der Waals surface area contributed by atoms with Crippen LogP contribution < -0.4 is 5.32 Å². The number of aliphatic carboxylic acids is 1. The van der Waals surface area contributed by atoms with Crippen LogP contribution in [0.2, 0.25) is 0 Å². The zero-order chi connectivity index (χ0) is 14.1. The van der Waals surface area contributed by atoms with Gasteiger partial charge in [0.2, 0.25) is 5.91 Å². The summed E-state index contributed by atoms with van der Waals surface area (Å²) < 4.78 is 0. The van der Waals surface area contributed by atoms with Gasteiger partial charge in [0.15, 0.2) is 0 Å². The van der Waals surface area contributed by atoms with Crippen molar-refractivity contribution in [3.8, 4) is 0 Å². The van der Waals surface area contributed by atoms with Gasteiger partial charge < -0.3 is 10.4 Å². The van der Waals surface area contributed by atoms with Gasteiger partial charge in [0.05, 0.1) is 0 Å². The van der Waals surface area contributed by atoms with E-state index in [1.165, 1.54) is 0 Å². The van der Waals surface area contributed by atoms with E-state index < -0.39 is 12.0 Å². The number of thioether (sulfide) groups is 1. The lowest BCUT2D eigenvalue weighted by atomic mass is 10.1. The Bertz CT molecular complexity index is 412. The van der Waals surface area contributed by atoms with Crippen LogP contribution in [-0.2, 0) is 16.0 Å². The van der Waals surface area contributed by atoms with E-state index in [4.69, 9.17) is 5.11 Å². The molecular formula is C13H18N2O3S. The highest BCUT2D eigenvalue weighted by Crippen LogP contribution is 2.04. The number of aryl methyl sites for hydroxylation is 1. The molecular weight excluding hydrogens is 264 g/mol. The lowest BCUT2D eigenvalue weighted by Crippen LogP contribution is -2.41. The molecule has 0 aliphatic rings. The summed E-state index contributed by atoms with van der Waals surface area (Å²) in [6.07, 6.45) is 6.56. The van der Waals surface area contributed by atoms with Gasteiger partial charge in [-0.15, -0.1) is 0 Å². The molecule has 0 saturated carbocycles. The highest BCUT2D eigenvalue weighted by atomic mass is 32.2. The van der Waals surface area contributed by atoms with Gasteiger partial charge in [0, 0.05) is 18.8 Å².